The van der Waals surface area contributed by atoms with E-state index in [4.69, 9.17) is 0 Å². The Hall–Kier alpha value is -0.800. The van der Waals surface area contributed by atoms with E-state index in [-0.39, 0.29) is 0 Å². The molecular weight excluding hydrogens is 402 g/mol. The molecule has 0 aromatic heterocycles. The molecule has 0 saturated carbocycles. The Bertz CT molecular complexity index is 654. The number of hydrogen-bond acceptors (Lipinski definition) is 1. The molecule has 22 heavy (non-hydrogen) atoms. The summed E-state index contributed by atoms with van der Waals surface area (Å²) in [4.78, 5) is 3.41. The van der Waals surface area contributed by atoms with Crippen LogP contribution in [-0.4, -0.2) is 22.7 Å². The van der Waals surface area contributed by atoms with E-state index in [1.54, 1.807) is 0 Å². The lowest BCUT2D eigenvalue weighted by molar-refractivity contribution is 0.770. The van der Waals surface area contributed by atoms with E-state index in [0.717, 1.165) is 19.5 Å². The fourth-order valence-corrected chi connectivity index (χ4v) is 3.92. The van der Waals surface area contributed by atoms with Gasteiger partial charge in [-0.15, -0.1) is 0 Å². The summed E-state index contributed by atoms with van der Waals surface area (Å²) in [5.74, 6) is 0. The lowest BCUT2D eigenvalue weighted by atomic mass is 10.1. The van der Waals surface area contributed by atoms with E-state index < -0.39 is 0 Å². The van der Waals surface area contributed by atoms with Crippen LogP contribution in [0.15, 0.2) is 42.5 Å². The van der Waals surface area contributed by atoms with E-state index in [0.29, 0.717) is 9.65 Å². The zero-order chi connectivity index (χ0) is 15.7. The minimum absolute atomic E-state index is 0.476. The molecule has 0 bridgehead atoms. The summed E-state index contributed by atoms with van der Waals surface area (Å²) >= 11 is 7.38. The SMILES string of the molecule is C[C@H](Br)CN(C[C@H](C)Br)c1ccc2c(c1)Cc1ccccc1-2. The minimum Gasteiger partial charge on any atom is -0.369 e. The molecule has 1 nitrogen and oxygen atoms in total. The third kappa shape index (κ3) is 3.41. The van der Waals surface area contributed by atoms with Crippen molar-refractivity contribution in [2.24, 2.45) is 0 Å². The second-order valence-corrected chi connectivity index (χ2v) is 9.27. The van der Waals surface area contributed by atoms with Gasteiger partial charge in [-0.1, -0.05) is 76.0 Å². The molecule has 0 heterocycles. The summed E-state index contributed by atoms with van der Waals surface area (Å²) in [5.41, 5.74) is 7.03. The maximum Gasteiger partial charge on any atom is 0.0370 e. The second kappa shape index (κ2) is 6.76. The molecule has 0 N–H and O–H groups in total. The van der Waals surface area contributed by atoms with Gasteiger partial charge in [0.25, 0.3) is 0 Å². The summed E-state index contributed by atoms with van der Waals surface area (Å²) in [6, 6.07) is 15.7. The van der Waals surface area contributed by atoms with Crippen molar-refractivity contribution in [2.45, 2.75) is 29.9 Å². The first-order valence-electron chi connectivity index (χ1n) is 7.79. The monoisotopic (exact) mass is 421 g/mol. The van der Waals surface area contributed by atoms with Crippen LogP contribution < -0.4 is 4.90 Å². The first-order chi connectivity index (χ1) is 10.5. The molecule has 0 amide bonds. The molecule has 1 aliphatic carbocycles. The second-order valence-electron chi connectivity index (χ2n) is 6.14. The number of halogens is 2. The number of rotatable bonds is 5. The molecule has 2 aromatic carbocycles. The zero-order valence-corrected chi connectivity index (χ0v) is 16.2. The first-order valence-corrected chi connectivity index (χ1v) is 9.62. The quantitative estimate of drug-likeness (QED) is 0.481. The van der Waals surface area contributed by atoms with Crippen molar-refractivity contribution in [3.63, 3.8) is 0 Å². The van der Waals surface area contributed by atoms with Crippen molar-refractivity contribution >= 4 is 37.5 Å². The Labute approximate surface area is 150 Å². The minimum atomic E-state index is 0.476. The molecule has 1 aliphatic rings. The van der Waals surface area contributed by atoms with Gasteiger partial charge in [-0.2, -0.15) is 0 Å². The molecule has 0 unspecified atom stereocenters. The molecule has 3 rings (SSSR count). The van der Waals surface area contributed by atoms with E-state index in [1.807, 2.05) is 0 Å². The predicted octanol–water partition coefficient (Wildman–Crippen LogP) is 5.63. The largest absolute Gasteiger partial charge is 0.369 e. The standard InChI is InChI=1S/C19H21Br2N/c1-13(20)11-22(12-14(2)21)17-7-8-19-16(10-17)9-15-5-3-4-6-18(15)19/h3-8,10,13-14H,9,11-12H2,1-2H3/t13-,14-/m0/s1. The van der Waals surface area contributed by atoms with Crippen LogP contribution in [0.3, 0.4) is 0 Å². The van der Waals surface area contributed by atoms with Crippen LogP contribution in [-0.2, 0) is 6.42 Å². The Morgan fingerprint density at radius 2 is 1.55 bits per heavy atom. The number of benzene rings is 2. The van der Waals surface area contributed by atoms with E-state index in [1.165, 1.54) is 27.9 Å². The third-order valence-corrected chi connectivity index (χ3v) is 4.67. The molecule has 0 radical (unpaired) electrons. The smallest absolute Gasteiger partial charge is 0.0370 e. The van der Waals surface area contributed by atoms with E-state index >= 15 is 0 Å². The Kier molecular flexibility index (Phi) is 4.94. The number of alkyl halides is 2. The van der Waals surface area contributed by atoms with Gasteiger partial charge in [0.15, 0.2) is 0 Å². The molecule has 0 spiro atoms. The van der Waals surface area contributed by atoms with Crippen molar-refractivity contribution in [1.82, 2.24) is 0 Å². The number of hydrogen-bond donors (Lipinski definition) is 0. The van der Waals surface area contributed by atoms with Gasteiger partial charge in [-0.3, -0.25) is 0 Å². The Morgan fingerprint density at radius 1 is 0.909 bits per heavy atom. The highest BCUT2D eigenvalue weighted by molar-refractivity contribution is 9.09. The van der Waals surface area contributed by atoms with Crippen molar-refractivity contribution < 1.29 is 0 Å². The van der Waals surface area contributed by atoms with Crippen molar-refractivity contribution in [3.05, 3.63) is 53.6 Å². The van der Waals surface area contributed by atoms with Crippen LogP contribution in [0.1, 0.15) is 25.0 Å². The molecule has 2 atom stereocenters. The third-order valence-electron chi connectivity index (χ3n) is 4.09. The summed E-state index contributed by atoms with van der Waals surface area (Å²) in [6.45, 7) is 6.44. The highest BCUT2D eigenvalue weighted by Gasteiger charge is 2.20. The lowest BCUT2D eigenvalue weighted by Gasteiger charge is -2.28. The van der Waals surface area contributed by atoms with Gasteiger partial charge in [0.1, 0.15) is 0 Å². The van der Waals surface area contributed by atoms with Gasteiger partial charge in [-0.25, -0.2) is 0 Å². The van der Waals surface area contributed by atoms with Crippen molar-refractivity contribution in [3.8, 4) is 11.1 Å². The van der Waals surface area contributed by atoms with Crippen LogP contribution >= 0.6 is 31.9 Å². The number of anilines is 1. The highest BCUT2D eigenvalue weighted by Crippen LogP contribution is 2.38. The van der Waals surface area contributed by atoms with Crippen molar-refractivity contribution in [1.29, 1.82) is 0 Å². The topological polar surface area (TPSA) is 3.24 Å². The Balaban J connectivity index is 1.91. The van der Waals surface area contributed by atoms with Crippen LogP contribution in [0.5, 0.6) is 0 Å². The summed E-state index contributed by atoms with van der Waals surface area (Å²) in [6.07, 6.45) is 1.06. The number of nitrogens with zero attached hydrogens (tertiary/aromatic N) is 1. The average molecular weight is 423 g/mol. The summed E-state index contributed by atoms with van der Waals surface area (Å²) in [5, 5.41) is 0. The number of fused-ring (bicyclic) bond motifs is 3. The molecule has 3 heteroatoms. The maximum atomic E-state index is 3.69. The molecule has 0 saturated heterocycles. The molecule has 116 valence electrons. The van der Waals surface area contributed by atoms with Gasteiger partial charge in [0.2, 0.25) is 0 Å². The van der Waals surface area contributed by atoms with Crippen LogP contribution in [0.2, 0.25) is 0 Å². The van der Waals surface area contributed by atoms with E-state index in [9.17, 15) is 0 Å². The molecule has 0 aliphatic heterocycles. The normalized spacial score (nSPS) is 15.1. The predicted molar refractivity (Wildman–Crippen MR) is 104 cm³/mol. The van der Waals surface area contributed by atoms with Gasteiger partial charge < -0.3 is 4.90 Å². The zero-order valence-electron chi connectivity index (χ0n) is 13.0. The lowest BCUT2D eigenvalue weighted by Crippen LogP contribution is -2.33. The maximum absolute atomic E-state index is 3.69. The molecule has 2 aromatic rings. The van der Waals surface area contributed by atoms with Crippen LogP contribution in [0, 0.1) is 0 Å². The van der Waals surface area contributed by atoms with E-state index in [2.05, 4.69) is 93.1 Å². The molecular formula is C19H21Br2N. The van der Waals surface area contributed by atoms with Crippen LogP contribution in [0.25, 0.3) is 11.1 Å². The fraction of sp³-hybridized carbons (Fsp3) is 0.368. The fourth-order valence-electron chi connectivity index (χ4n) is 3.22. The van der Waals surface area contributed by atoms with Gasteiger partial charge >= 0.3 is 0 Å². The summed E-state index contributed by atoms with van der Waals surface area (Å²) in [7, 11) is 0. The summed E-state index contributed by atoms with van der Waals surface area (Å²) < 4.78 is 0. The van der Waals surface area contributed by atoms with Gasteiger partial charge in [-0.05, 0) is 40.8 Å². The highest BCUT2D eigenvalue weighted by atomic mass is 79.9. The average Bonchev–Trinajstić information content (AvgIpc) is 2.83. The van der Waals surface area contributed by atoms with Crippen LogP contribution in [0.4, 0.5) is 5.69 Å². The molecule has 0 fully saturated rings. The van der Waals surface area contributed by atoms with Crippen molar-refractivity contribution in [2.75, 3.05) is 18.0 Å². The Morgan fingerprint density at radius 3 is 2.23 bits per heavy atom. The van der Waals surface area contributed by atoms with Gasteiger partial charge in [0, 0.05) is 28.4 Å². The van der Waals surface area contributed by atoms with Gasteiger partial charge in [0.05, 0.1) is 0 Å². The first kappa shape index (κ1) is 16.1.